The quantitative estimate of drug-likeness (QED) is 0.800. The van der Waals surface area contributed by atoms with E-state index >= 15 is 0 Å². The molecular weight excluding hydrogens is 269 g/mol. The van der Waals surface area contributed by atoms with Crippen LogP contribution in [0.1, 0.15) is 17.2 Å². The first-order chi connectivity index (χ1) is 10.2. The average molecular weight is 283 g/mol. The summed E-state index contributed by atoms with van der Waals surface area (Å²) in [5, 5.41) is 11.5. The van der Waals surface area contributed by atoms with Gasteiger partial charge in [-0.2, -0.15) is 0 Å². The summed E-state index contributed by atoms with van der Waals surface area (Å²) < 4.78 is 18.4. The number of benzene rings is 2. The van der Waals surface area contributed by atoms with Crippen LogP contribution in [0.4, 0.5) is 4.39 Å². The highest BCUT2D eigenvalue weighted by Gasteiger charge is 2.15. The summed E-state index contributed by atoms with van der Waals surface area (Å²) in [4.78, 5) is 4.27. The Kier molecular flexibility index (Phi) is 3.54. The summed E-state index contributed by atoms with van der Waals surface area (Å²) in [6.45, 7) is 0. The molecule has 0 aliphatic carbocycles. The van der Waals surface area contributed by atoms with Crippen molar-refractivity contribution in [2.75, 3.05) is 7.11 Å². The third-order valence-corrected chi connectivity index (χ3v) is 3.46. The fraction of sp³-hybridized carbons (Fsp3) is 0.118. The van der Waals surface area contributed by atoms with Gasteiger partial charge >= 0.3 is 0 Å². The molecule has 2 aromatic carbocycles. The van der Waals surface area contributed by atoms with Crippen LogP contribution in [-0.4, -0.2) is 17.2 Å². The van der Waals surface area contributed by atoms with Crippen molar-refractivity contribution in [2.45, 2.75) is 6.10 Å². The molecule has 1 heterocycles. The Morgan fingerprint density at radius 3 is 2.81 bits per heavy atom. The lowest BCUT2D eigenvalue weighted by Gasteiger charge is -2.15. The Bertz CT molecular complexity index is 783. The number of methoxy groups -OCH3 is 1. The predicted octanol–water partition coefficient (Wildman–Crippen LogP) is 3.46. The Labute approximate surface area is 121 Å². The summed E-state index contributed by atoms with van der Waals surface area (Å²) in [6, 6.07) is 13.6. The highest BCUT2D eigenvalue weighted by atomic mass is 19.1. The Morgan fingerprint density at radius 2 is 2.00 bits per heavy atom. The first-order valence-corrected chi connectivity index (χ1v) is 6.56. The Morgan fingerprint density at radius 1 is 1.14 bits per heavy atom. The lowest BCUT2D eigenvalue weighted by Crippen LogP contribution is -2.02. The van der Waals surface area contributed by atoms with Gasteiger partial charge in [0.2, 0.25) is 0 Å². The molecule has 1 N–H and O–H groups in total. The predicted molar refractivity (Wildman–Crippen MR) is 78.8 cm³/mol. The van der Waals surface area contributed by atoms with Crippen LogP contribution < -0.4 is 4.74 Å². The Hall–Kier alpha value is -2.46. The van der Waals surface area contributed by atoms with Crippen LogP contribution in [-0.2, 0) is 0 Å². The molecular formula is C17H14FNO2. The van der Waals surface area contributed by atoms with Gasteiger partial charge in [0.05, 0.1) is 12.6 Å². The molecule has 0 amide bonds. The Balaban J connectivity index is 2.10. The molecule has 3 rings (SSSR count). The second kappa shape index (κ2) is 5.50. The molecule has 21 heavy (non-hydrogen) atoms. The third kappa shape index (κ3) is 2.45. The monoisotopic (exact) mass is 283 g/mol. The number of aliphatic hydroxyl groups is 1. The van der Waals surface area contributed by atoms with Gasteiger partial charge in [0.1, 0.15) is 6.10 Å². The van der Waals surface area contributed by atoms with E-state index in [0.29, 0.717) is 5.56 Å². The maximum absolute atomic E-state index is 13.5. The van der Waals surface area contributed by atoms with E-state index in [0.717, 1.165) is 16.5 Å². The first kappa shape index (κ1) is 13.5. The number of hydrogen-bond acceptors (Lipinski definition) is 3. The fourth-order valence-electron chi connectivity index (χ4n) is 2.39. The van der Waals surface area contributed by atoms with Crippen LogP contribution in [0.3, 0.4) is 0 Å². The molecule has 0 radical (unpaired) electrons. The molecule has 0 fully saturated rings. The van der Waals surface area contributed by atoms with Gasteiger partial charge in [-0.3, -0.25) is 4.98 Å². The minimum atomic E-state index is -0.868. The molecule has 3 nitrogen and oxygen atoms in total. The summed E-state index contributed by atoms with van der Waals surface area (Å²) in [6.07, 6.45) is 0.840. The highest BCUT2D eigenvalue weighted by molar-refractivity contribution is 5.82. The summed E-state index contributed by atoms with van der Waals surface area (Å²) in [5.74, 6) is -0.335. The van der Waals surface area contributed by atoms with E-state index in [-0.39, 0.29) is 5.75 Å². The van der Waals surface area contributed by atoms with Crippen molar-refractivity contribution in [3.63, 3.8) is 0 Å². The minimum absolute atomic E-state index is 0.116. The number of fused-ring (bicyclic) bond motifs is 1. The standard InChI is InChI=1S/C17H14FNO2/c1-21-16-10-11(7-8-14(16)18)17(20)13-4-2-6-15-12(13)5-3-9-19-15/h2-10,17,20H,1H3. The molecule has 0 bridgehead atoms. The zero-order chi connectivity index (χ0) is 14.8. The molecule has 1 atom stereocenters. The van der Waals surface area contributed by atoms with Crippen molar-refractivity contribution in [1.29, 1.82) is 0 Å². The molecule has 0 aliphatic heterocycles. The number of ether oxygens (including phenoxy) is 1. The van der Waals surface area contributed by atoms with Gasteiger partial charge in [-0.05, 0) is 35.4 Å². The largest absolute Gasteiger partial charge is 0.494 e. The normalized spacial score (nSPS) is 12.3. The van der Waals surface area contributed by atoms with Gasteiger partial charge in [0.25, 0.3) is 0 Å². The van der Waals surface area contributed by atoms with Crippen molar-refractivity contribution < 1.29 is 14.2 Å². The van der Waals surface area contributed by atoms with Crippen LogP contribution >= 0.6 is 0 Å². The lowest BCUT2D eigenvalue weighted by molar-refractivity contribution is 0.221. The molecule has 0 saturated heterocycles. The van der Waals surface area contributed by atoms with Crippen LogP contribution in [0.25, 0.3) is 10.9 Å². The SMILES string of the molecule is COc1cc(C(O)c2cccc3ncccc23)ccc1F. The number of pyridine rings is 1. The highest BCUT2D eigenvalue weighted by Crippen LogP contribution is 2.30. The number of rotatable bonds is 3. The van der Waals surface area contributed by atoms with Crippen LogP contribution in [0.2, 0.25) is 0 Å². The molecule has 1 aromatic heterocycles. The molecule has 0 aliphatic rings. The van der Waals surface area contributed by atoms with Gasteiger partial charge in [-0.1, -0.05) is 24.3 Å². The lowest BCUT2D eigenvalue weighted by atomic mass is 9.97. The van der Waals surface area contributed by atoms with Crippen molar-refractivity contribution >= 4 is 10.9 Å². The van der Waals surface area contributed by atoms with Gasteiger partial charge in [-0.25, -0.2) is 4.39 Å². The number of nitrogens with zero attached hydrogens (tertiary/aromatic N) is 1. The smallest absolute Gasteiger partial charge is 0.165 e. The van der Waals surface area contributed by atoms with Crippen LogP contribution in [0, 0.1) is 5.82 Å². The molecule has 3 aromatic rings. The van der Waals surface area contributed by atoms with E-state index in [4.69, 9.17) is 4.74 Å². The molecule has 0 spiro atoms. The molecule has 1 unspecified atom stereocenters. The van der Waals surface area contributed by atoms with Crippen molar-refractivity contribution in [3.05, 3.63) is 71.7 Å². The second-order valence-corrected chi connectivity index (χ2v) is 4.71. The minimum Gasteiger partial charge on any atom is -0.494 e. The topological polar surface area (TPSA) is 42.4 Å². The maximum atomic E-state index is 13.5. The van der Waals surface area contributed by atoms with Crippen molar-refractivity contribution in [1.82, 2.24) is 4.98 Å². The number of aliphatic hydroxyl groups excluding tert-OH is 1. The summed E-state index contributed by atoms with van der Waals surface area (Å²) in [5.41, 5.74) is 2.11. The second-order valence-electron chi connectivity index (χ2n) is 4.71. The number of aromatic nitrogens is 1. The summed E-state index contributed by atoms with van der Waals surface area (Å²) >= 11 is 0. The summed E-state index contributed by atoms with van der Waals surface area (Å²) in [7, 11) is 1.40. The zero-order valence-electron chi connectivity index (χ0n) is 11.5. The van der Waals surface area contributed by atoms with E-state index in [1.54, 1.807) is 12.3 Å². The first-order valence-electron chi connectivity index (χ1n) is 6.56. The zero-order valence-corrected chi connectivity index (χ0v) is 11.5. The van der Waals surface area contributed by atoms with Crippen LogP contribution in [0.5, 0.6) is 5.75 Å². The van der Waals surface area contributed by atoms with E-state index in [9.17, 15) is 9.50 Å². The van der Waals surface area contributed by atoms with Gasteiger partial charge in [0.15, 0.2) is 11.6 Å². The van der Waals surface area contributed by atoms with Gasteiger partial charge < -0.3 is 9.84 Å². The van der Waals surface area contributed by atoms with Crippen LogP contribution in [0.15, 0.2) is 54.7 Å². The van der Waals surface area contributed by atoms with Gasteiger partial charge in [-0.15, -0.1) is 0 Å². The van der Waals surface area contributed by atoms with Crippen molar-refractivity contribution in [3.8, 4) is 5.75 Å². The molecule has 106 valence electrons. The van der Waals surface area contributed by atoms with E-state index in [1.165, 1.54) is 19.2 Å². The van der Waals surface area contributed by atoms with E-state index in [1.807, 2.05) is 30.3 Å². The fourth-order valence-corrected chi connectivity index (χ4v) is 2.39. The third-order valence-electron chi connectivity index (χ3n) is 3.46. The van der Waals surface area contributed by atoms with E-state index < -0.39 is 11.9 Å². The van der Waals surface area contributed by atoms with Gasteiger partial charge in [0, 0.05) is 11.6 Å². The average Bonchev–Trinajstić information content (AvgIpc) is 2.54. The number of halogens is 1. The molecule has 4 heteroatoms. The molecule has 0 saturated carbocycles. The maximum Gasteiger partial charge on any atom is 0.165 e. The van der Waals surface area contributed by atoms with Crippen molar-refractivity contribution in [2.24, 2.45) is 0 Å². The van der Waals surface area contributed by atoms with E-state index in [2.05, 4.69) is 4.98 Å². The number of hydrogen-bond donors (Lipinski definition) is 1.